The van der Waals surface area contributed by atoms with Crippen molar-refractivity contribution in [3.63, 3.8) is 0 Å². The molecular formula is C12H8Br2Cl2S. The van der Waals surface area contributed by atoms with Crippen molar-refractivity contribution >= 4 is 66.4 Å². The molecule has 1 atom stereocenters. The Kier molecular flexibility index (Phi) is 4.96. The lowest BCUT2D eigenvalue weighted by molar-refractivity contribution is 0.939. The third-order valence-electron chi connectivity index (χ3n) is 2.30. The second-order valence-corrected chi connectivity index (χ2v) is 7.82. The van der Waals surface area contributed by atoms with Crippen molar-refractivity contribution in [1.29, 1.82) is 0 Å². The Hall–Kier alpha value is 0.460. The average molecular weight is 415 g/mol. The molecule has 17 heavy (non-hydrogen) atoms. The van der Waals surface area contributed by atoms with Crippen LogP contribution in [0.3, 0.4) is 0 Å². The molecule has 0 amide bonds. The standard InChI is InChI=1S/C12H8Br2Cl2S/c13-8-3-1-7(2-4-8)5-9(15)11-6-10(16)12(14)17-11/h1-4,6,9H,5H2. The quantitative estimate of drug-likeness (QED) is 0.506. The summed E-state index contributed by atoms with van der Waals surface area (Å²) in [7, 11) is 0. The molecule has 1 aromatic heterocycles. The lowest BCUT2D eigenvalue weighted by atomic mass is 10.1. The molecule has 0 bridgehead atoms. The maximum Gasteiger partial charge on any atom is 0.0887 e. The summed E-state index contributed by atoms with van der Waals surface area (Å²) >= 11 is 20.8. The van der Waals surface area contributed by atoms with E-state index in [1.807, 2.05) is 18.2 Å². The Morgan fingerprint density at radius 1 is 1.18 bits per heavy atom. The maximum atomic E-state index is 6.39. The molecule has 1 unspecified atom stereocenters. The molecule has 0 aliphatic rings. The molecule has 0 aliphatic heterocycles. The number of hydrogen-bond acceptors (Lipinski definition) is 1. The lowest BCUT2D eigenvalue weighted by Crippen LogP contribution is -1.92. The van der Waals surface area contributed by atoms with Gasteiger partial charge in [-0.2, -0.15) is 0 Å². The van der Waals surface area contributed by atoms with E-state index >= 15 is 0 Å². The summed E-state index contributed by atoms with van der Waals surface area (Å²) in [6.45, 7) is 0. The zero-order chi connectivity index (χ0) is 12.4. The summed E-state index contributed by atoms with van der Waals surface area (Å²) in [6.07, 6.45) is 0.804. The Morgan fingerprint density at radius 2 is 1.82 bits per heavy atom. The first-order valence-corrected chi connectivity index (χ1v) is 8.11. The van der Waals surface area contributed by atoms with Crippen LogP contribution < -0.4 is 0 Å². The van der Waals surface area contributed by atoms with Gasteiger partial charge in [-0.15, -0.1) is 22.9 Å². The minimum Gasteiger partial charge on any atom is -0.130 e. The van der Waals surface area contributed by atoms with Crippen molar-refractivity contribution < 1.29 is 0 Å². The summed E-state index contributed by atoms with van der Waals surface area (Å²) in [6, 6.07) is 10.1. The van der Waals surface area contributed by atoms with Crippen molar-refractivity contribution in [2.75, 3.05) is 0 Å². The highest BCUT2D eigenvalue weighted by Crippen LogP contribution is 2.38. The molecule has 0 N–H and O–H groups in total. The van der Waals surface area contributed by atoms with E-state index < -0.39 is 0 Å². The summed E-state index contributed by atoms with van der Waals surface area (Å²) in [5, 5.41) is 0.691. The van der Waals surface area contributed by atoms with Crippen LogP contribution in [0, 0.1) is 0 Å². The number of alkyl halides is 1. The maximum absolute atomic E-state index is 6.39. The molecule has 2 rings (SSSR count). The number of halogens is 4. The highest BCUT2D eigenvalue weighted by atomic mass is 79.9. The first-order valence-electron chi connectivity index (χ1n) is 4.89. The molecule has 0 aliphatic carbocycles. The molecule has 1 aromatic carbocycles. The third kappa shape index (κ3) is 3.71. The number of thiophene rings is 1. The smallest absolute Gasteiger partial charge is 0.0887 e. The van der Waals surface area contributed by atoms with Crippen LogP contribution >= 0.6 is 66.4 Å². The van der Waals surface area contributed by atoms with Gasteiger partial charge in [0.05, 0.1) is 14.2 Å². The zero-order valence-corrected chi connectivity index (χ0v) is 14.1. The van der Waals surface area contributed by atoms with Gasteiger partial charge in [-0.3, -0.25) is 0 Å². The summed E-state index contributed by atoms with van der Waals surface area (Å²) in [4.78, 5) is 1.09. The monoisotopic (exact) mass is 412 g/mol. The van der Waals surface area contributed by atoms with Crippen LogP contribution in [0.25, 0.3) is 0 Å². The molecule has 90 valence electrons. The van der Waals surface area contributed by atoms with Gasteiger partial charge >= 0.3 is 0 Å². The topological polar surface area (TPSA) is 0 Å². The van der Waals surface area contributed by atoms with Crippen LogP contribution in [0.4, 0.5) is 0 Å². The number of rotatable bonds is 3. The second kappa shape index (κ2) is 6.07. The molecule has 0 fully saturated rings. The van der Waals surface area contributed by atoms with E-state index in [0.29, 0.717) is 0 Å². The Morgan fingerprint density at radius 3 is 2.35 bits per heavy atom. The first-order chi connectivity index (χ1) is 8.06. The van der Waals surface area contributed by atoms with E-state index in [1.54, 1.807) is 11.3 Å². The fraction of sp³-hybridized carbons (Fsp3) is 0.167. The minimum atomic E-state index is -0.0371. The van der Waals surface area contributed by atoms with Crippen LogP contribution in [0.15, 0.2) is 38.6 Å². The number of hydrogen-bond donors (Lipinski definition) is 0. The van der Waals surface area contributed by atoms with Gasteiger partial charge in [-0.1, -0.05) is 39.7 Å². The lowest BCUT2D eigenvalue weighted by Gasteiger charge is -2.07. The highest BCUT2D eigenvalue weighted by Gasteiger charge is 2.14. The largest absolute Gasteiger partial charge is 0.130 e. The zero-order valence-electron chi connectivity index (χ0n) is 8.59. The Balaban J connectivity index is 2.11. The average Bonchev–Trinajstić information content (AvgIpc) is 2.63. The van der Waals surface area contributed by atoms with Gasteiger partial charge in [-0.05, 0) is 46.1 Å². The highest BCUT2D eigenvalue weighted by molar-refractivity contribution is 9.11. The van der Waals surface area contributed by atoms with E-state index in [4.69, 9.17) is 23.2 Å². The minimum absolute atomic E-state index is 0.0371. The molecule has 0 saturated carbocycles. The summed E-state index contributed by atoms with van der Waals surface area (Å²) in [5.41, 5.74) is 1.22. The van der Waals surface area contributed by atoms with Gasteiger partial charge in [0.15, 0.2) is 0 Å². The van der Waals surface area contributed by atoms with Crippen molar-refractivity contribution in [3.8, 4) is 0 Å². The first kappa shape index (κ1) is 13.9. The van der Waals surface area contributed by atoms with Crippen molar-refractivity contribution in [2.24, 2.45) is 0 Å². The van der Waals surface area contributed by atoms with Crippen molar-refractivity contribution in [2.45, 2.75) is 11.8 Å². The SMILES string of the molecule is Clc1cc(C(Cl)Cc2ccc(Br)cc2)sc1Br. The van der Waals surface area contributed by atoms with Crippen LogP contribution in [0.5, 0.6) is 0 Å². The van der Waals surface area contributed by atoms with Crippen LogP contribution in [0.1, 0.15) is 15.8 Å². The van der Waals surface area contributed by atoms with E-state index in [0.717, 1.165) is 24.6 Å². The molecule has 5 heteroatoms. The van der Waals surface area contributed by atoms with Gasteiger partial charge in [0.1, 0.15) is 0 Å². The van der Waals surface area contributed by atoms with Crippen LogP contribution in [-0.4, -0.2) is 0 Å². The van der Waals surface area contributed by atoms with Gasteiger partial charge in [0, 0.05) is 9.35 Å². The van der Waals surface area contributed by atoms with Crippen molar-refractivity contribution in [1.82, 2.24) is 0 Å². The van der Waals surface area contributed by atoms with E-state index in [2.05, 4.69) is 44.0 Å². The van der Waals surface area contributed by atoms with Gasteiger partial charge in [0.2, 0.25) is 0 Å². The molecular weight excluding hydrogens is 407 g/mol. The third-order valence-corrected chi connectivity index (χ3v) is 5.94. The van der Waals surface area contributed by atoms with Gasteiger partial charge in [0.25, 0.3) is 0 Å². The van der Waals surface area contributed by atoms with E-state index in [-0.39, 0.29) is 5.38 Å². The molecule has 0 radical (unpaired) electrons. The van der Waals surface area contributed by atoms with Gasteiger partial charge < -0.3 is 0 Å². The van der Waals surface area contributed by atoms with E-state index in [1.165, 1.54) is 5.56 Å². The van der Waals surface area contributed by atoms with Crippen LogP contribution in [0.2, 0.25) is 5.02 Å². The van der Waals surface area contributed by atoms with Gasteiger partial charge in [-0.25, -0.2) is 0 Å². The Bertz CT molecular complexity index is 488. The van der Waals surface area contributed by atoms with E-state index in [9.17, 15) is 0 Å². The molecule has 0 nitrogen and oxygen atoms in total. The molecule has 1 heterocycles. The predicted octanol–water partition coefficient (Wildman–Crippen LogP) is 6.45. The fourth-order valence-corrected chi connectivity index (χ4v) is 3.81. The van der Waals surface area contributed by atoms with Crippen molar-refractivity contribution in [3.05, 3.63) is 54.1 Å². The summed E-state index contributed by atoms with van der Waals surface area (Å²) in [5.74, 6) is 0. The predicted molar refractivity (Wildman–Crippen MR) is 83.5 cm³/mol. The molecule has 0 saturated heterocycles. The molecule has 2 aromatic rings. The normalized spacial score (nSPS) is 12.7. The van der Waals surface area contributed by atoms with Crippen LogP contribution in [-0.2, 0) is 6.42 Å². The Labute approximate surface area is 131 Å². The number of benzene rings is 1. The molecule has 0 spiro atoms. The summed E-state index contributed by atoms with van der Waals surface area (Å²) < 4.78 is 2.02. The second-order valence-electron chi connectivity index (χ2n) is 3.57. The fourth-order valence-electron chi connectivity index (χ4n) is 1.45.